The van der Waals surface area contributed by atoms with Crippen LogP contribution in [0.1, 0.15) is 16.1 Å². The Kier molecular flexibility index (Phi) is 3.41. The number of rotatable bonds is 3. The van der Waals surface area contributed by atoms with Gasteiger partial charge in [-0.05, 0) is 46.1 Å². The highest BCUT2D eigenvalue weighted by molar-refractivity contribution is 9.10. The van der Waals surface area contributed by atoms with Gasteiger partial charge in [0.15, 0.2) is 11.5 Å². The van der Waals surface area contributed by atoms with Gasteiger partial charge in [0.05, 0.1) is 19.9 Å². The third kappa shape index (κ3) is 2.10. The number of methoxy groups -OCH3 is 2. The van der Waals surface area contributed by atoms with Crippen LogP contribution in [0.4, 0.5) is 0 Å². The average Bonchev–Trinajstić information content (AvgIpc) is 2.83. The summed E-state index contributed by atoms with van der Waals surface area (Å²) in [6, 6.07) is 5.50. The van der Waals surface area contributed by atoms with E-state index in [1.165, 1.54) is 0 Å². The number of hydrogen-bond acceptors (Lipinski definition) is 3. The van der Waals surface area contributed by atoms with Crippen LogP contribution in [0.25, 0.3) is 11.3 Å². The summed E-state index contributed by atoms with van der Waals surface area (Å²) in [5.74, 6) is 0.395. The molecule has 0 saturated carbocycles. The second kappa shape index (κ2) is 5.11. The summed E-state index contributed by atoms with van der Waals surface area (Å²) < 4.78 is 13.3. The highest BCUT2D eigenvalue weighted by Gasteiger charge is 2.26. The fraction of sp³-hybridized carbons (Fsp3) is 0.267. The number of carbonyl (C=O) groups is 1. The van der Waals surface area contributed by atoms with Gasteiger partial charge in [-0.3, -0.25) is 0 Å². The maximum absolute atomic E-state index is 11.3. The molecular formula is C15H14BrNO4. The van der Waals surface area contributed by atoms with Crippen molar-refractivity contribution in [3.05, 3.63) is 33.9 Å². The van der Waals surface area contributed by atoms with Gasteiger partial charge < -0.3 is 19.1 Å². The first kappa shape index (κ1) is 14.0. The summed E-state index contributed by atoms with van der Waals surface area (Å²) >= 11 is 3.47. The number of carboxylic acids is 1. The van der Waals surface area contributed by atoms with Crippen molar-refractivity contribution in [2.24, 2.45) is 0 Å². The van der Waals surface area contributed by atoms with Crippen molar-refractivity contribution in [2.75, 3.05) is 14.2 Å². The topological polar surface area (TPSA) is 60.7 Å². The number of ether oxygens (including phenoxy) is 2. The maximum atomic E-state index is 11.3. The van der Waals surface area contributed by atoms with E-state index in [0.717, 1.165) is 27.7 Å². The number of nitrogens with zero attached hydrogens (tertiary/aromatic N) is 1. The van der Waals surface area contributed by atoms with Gasteiger partial charge >= 0.3 is 5.97 Å². The number of carboxylic acid groups (broad SMARTS) is 1. The molecule has 1 N–H and O–H groups in total. The van der Waals surface area contributed by atoms with Crippen molar-refractivity contribution >= 4 is 21.9 Å². The molecule has 21 heavy (non-hydrogen) atoms. The monoisotopic (exact) mass is 351 g/mol. The van der Waals surface area contributed by atoms with Gasteiger partial charge in [-0.2, -0.15) is 0 Å². The number of hydrogen-bond donors (Lipinski definition) is 1. The van der Waals surface area contributed by atoms with E-state index in [1.807, 2.05) is 16.7 Å². The van der Waals surface area contributed by atoms with Crippen LogP contribution in [0.2, 0.25) is 0 Å². The van der Waals surface area contributed by atoms with Gasteiger partial charge in [-0.25, -0.2) is 4.79 Å². The minimum absolute atomic E-state index is 0.289. The lowest BCUT2D eigenvalue weighted by Gasteiger charge is -2.22. The van der Waals surface area contributed by atoms with Crippen molar-refractivity contribution in [2.45, 2.75) is 13.0 Å². The Morgan fingerprint density at radius 2 is 1.90 bits per heavy atom. The normalized spacial score (nSPS) is 12.5. The van der Waals surface area contributed by atoms with E-state index >= 15 is 0 Å². The van der Waals surface area contributed by atoms with Crippen molar-refractivity contribution in [1.82, 2.24) is 4.57 Å². The van der Waals surface area contributed by atoms with Crippen LogP contribution in [-0.2, 0) is 13.0 Å². The molecule has 0 fully saturated rings. The van der Waals surface area contributed by atoms with Gasteiger partial charge in [0.1, 0.15) is 5.69 Å². The van der Waals surface area contributed by atoms with Crippen molar-refractivity contribution in [1.29, 1.82) is 0 Å². The molecule has 0 amide bonds. The zero-order valence-electron chi connectivity index (χ0n) is 11.6. The molecule has 2 aromatic rings. The zero-order valence-corrected chi connectivity index (χ0v) is 13.2. The summed E-state index contributed by atoms with van der Waals surface area (Å²) in [5.41, 5.74) is 3.25. The summed E-state index contributed by atoms with van der Waals surface area (Å²) in [5, 5.41) is 9.30. The van der Waals surface area contributed by atoms with Crippen molar-refractivity contribution in [3.63, 3.8) is 0 Å². The summed E-state index contributed by atoms with van der Waals surface area (Å²) in [6.45, 7) is 0.630. The summed E-state index contributed by atoms with van der Waals surface area (Å²) in [4.78, 5) is 11.3. The van der Waals surface area contributed by atoms with E-state index in [0.29, 0.717) is 18.0 Å². The molecule has 6 heteroatoms. The predicted octanol–water partition coefficient (Wildman–Crippen LogP) is 3.19. The molecule has 1 aromatic heterocycles. The van der Waals surface area contributed by atoms with E-state index in [-0.39, 0.29) is 5.69 Å². The van der Waals surface area contributed by atoms with Crippen LogP contribution in [0.3, 0.4) is 0 Å². The molecule has 110 valence electrons. The number of aromatic carboxylic acids is 1. The van der Waals surface area contributed by atoms with Crippen LogP contribution < -0.4 is 9.47 Å². The van der Waals surface area contributed by atoms with Crippen molar-refractivity contribution < 1.29 is 19.4 Å². The van der Waals surface area contributed by atoms with Gasteiger partial charge in [0.2, 0.25) is 0 Å². The Labute approximate surface area is 130 Å². The van der Waals surface area contributed by atoms with Crippen LogP contribution in [-0.4, -0.2) is 29.9 Å². The van der Waals surface area contributed by atoms with E-state index in [1.54, 1.807) is 20.3 Å². The lowest BCUT2D eigenvalue weighted by molar-refractivity contribution is 0.0685. The molecule has 0 aliphatic carbocycles. The standard InChI is InChI=1S/C15H14BrNO4/c1-20-12-5-8-3-4-17-11(15(18)19)7-10(16)14(17)9(8)6-13(12)21-2/h5-7H,3-4H2,1-2H3,(H,18,19). The SMILES string of the molecule is COc1cc2c(cc1OC)-c1c(Br)cc(C(=O)O)n1CC2. The van der Waals surface area contributed by atoms with Gasteiger partial charge in [0.25, 0.3) is 0 Å². The predicted molar refractivity (Wildman–Crippen MR) is 81.3 cm³/mol. The molecule has 0 spiro atoms. The quantitative estimate of drug-likeness (QED) is 0.922. The van der Waals surface area contributed by atoms with Crippen LogP contribution in [0.5, 0.6) is 11.5 Å². The molecule has 1 aliphatic rings. The minimum Gasteiger partial charge on any atom is -0.493 e. The highest BCUT2D eigenvalue weighted by Crippen LogP contribution is 2.42. The molecule has 5 nitrogen and oxygen atoms in total. The Morgan fingerprint density at radius 1 is 1.24 bits per heavy atom. The van der Waals surface area contributed by atoms with E-state index in [4.69, 9.17) is 9.47 Å². The first-order valence-electron chi connectivity index (χ1n) is 6.44. The molecule has 0 saturated heterocycles. The van der Waals surface area contributed by atoms with Gasteiger partial charge in [-0.15, -0.1) is 0 Å². The molecule has 1 aliphatic heterocycles. The zero-order chi connectivity index (χ0) is 15.1. The third-order valence-corrected chi connectivity index (χ3v) is 4.34. The first-order valence-corrected chi connectivity index (χ1v) is 7.23. The molecule has 0 bridgehead atoms. The summed E-state index contributed by atoms with van der Waals surface area (Å²) in [6.07, 6.45) is 0.754. The molecule has 1 aromatic carbocycles. The van der Waals surface area contributed by atoms with Gasteiger partial charge in [0, 0.05) is 16.6 Å². The van der Waals surface area contributed by atoms with E-state index in [2.05, 4.69) is 15.9 Å². The Balaban J connectivity index is 2.25. The molecule has 0 atom stereocenters. The van der Waals surface area contributed by atoms with Crippen LogP contribution in [0, 0.1) is 0 Å². The third-order valence-electron chi connectivity index (χ3n) is 3.74. The summed E-state index contributed by atoms with van der Waals surface area (Å²) in [7, 11) is 3.19. The Bertz CT molecular complexity index is 736. The van der Waals surface area contributed by atoms with Gasteiger partial charge in [-0.1, -0.05) is 0 Å². The lowest BCUT2D eigenvalue weighted by atomic mass is 9.97. The van der Waals surface area contributed by atoms with Crippen molar-refractivity contribution in [3.8, 4) is 22.8 Å². The number of halogens is 1. The largest absolute Gasteiger partial charge is 0.493 e. The first-order chi connectivity index (χ1) is 10.1. The Morgan fingerprint density at radius 3 is 2.52 bits per heavy atom. The molecule has 0 unspecified atom stereocenters. The highest BCUT2D eigenvalue weighted by atomic mass is 79.9. The second-order valence-electron chi connectivity index (χ2n) is 4.80. The average molecular weight is 352 g/mol. The number of benzene rings is 1. The number of fused-ring (bicyclic) bond motifs is 3. The molecule has 3 rings (SSSR count). The van der Waals surface area contributed by atoms with E-state index < -0.39 is 5.97 Å². The number of aromatic nitrogens is 1. The maximum Gasteiger partial charge on any atom is 0.352 e. The Hall–Kier alpha value is -1.95. The molecular weight excluding hydrogens is 338 g/mol. The fourth-order valence-corrected chi connectivity index (χ4v) is 3.42. The number of aryl methyl sites for hydroxylation is 1. The second-order valence-corrected chi connectivity index (χ2v) is 5.65. The lowest BCUT2D eigenvalue weighted by Crippen LogP contribution is -2.16. The van der Waals surface area contributed by atoms with E-state index in [9.17, 15) is 9.90 Å². The molecule has 0 radical (unpaired) electrons. The minimum atomic E-state index is -0.925. The van der Waals surface area contributed by atoms with Crippen LogP contribution in [0.15, 0.2) is 22.7 Å². The fourth-order valence-electron chi connectivity index (χ4n) is 2.78. The molecule has 2 heterocycles. The smallest absolute Gasteiger partial charge is 0.352 e. The van der Waals surface area contributed by atoms with Crippen LogP contribution >= 0.6 is 15.9 Å².